The number of hydrogen-bond donors (Lipinski definition) is 2. The number of ether oxygens (including phenoxy) is 1. The fourth-order valence-electron chi connectivity index (χ4n) is 1.53. The zero-order valence-corrected chi connectivity index (χ0v) is 12.5. The largest absolute Gasteiger partial charge is 0.385 e. The van der Waals surface area contributed by atoms with Crippen molar-refractivity contribution in [1.82, 2.24) is 15.3 Å². The lowest BCUT2D eigenvalue weighted by Gasteiger charge is -2.08. The van der Waals surface area contributed by atoms with Crippen molar-refractivity contribution in [3.63, 3.8) is 0 Å². The number of anilines is 1. The molecule has 0 spiro atoms. The second-order valence-electron chi connectivity index (χ2n) is 5.00. The van der Waals surface area contributed by atoms with Crippen LogP contribution in [0.1, 0.15) is 37.2 Å². The van der Waals surface area contributed by atoms with Gasteiger partial charge in [-0.3, -0.25) is 4.79 Å². The number of methoxy groups -OCH3 is 1. The lowest BCUT2D eigenvalue weighted by Crippen LogP contribution is -2.26. The third-order valence-electron chi connectivity index (χ3n) is 2.72. The first-order chi connectivity index (χ1) is 9.63. The van der Waals surface area contributed by atoms with E-state index in [1.165, 1.54) is 6.20 Å². The Hall–Kier alpha value is -1.69. The number of carbonyl (C=O) groups is 1. The van der Waals surface area contributed by atoms with Crippen LogP contribution in [0.5, 0.6) is 0 Å². The quantitative estimate of drug-likeness (QED) is 0.673. The van der Waals surface area contributed by atoms with Crippen LogP contribution in [0.2, 0.25) is 0 Å². The van der Waals surface area contributed by atoms with Crippen molar-refractivity contribution in [1.29, 1.82) is 0 Å². The third-order valence-corrected chi connectivity index (χ3v) is 2.72. The highest BCUT2D eigenvalue weighted by molar-refractivity contribution is 5.91. The van der Waals surface area contributed by atoms with Gasteiger partial charge < -0.3 is 15.4 Å². The Kier molecular flexibility index (Phi) is 7.57. The fraction of sp³-hybridized carbons (Fsp3) is 0.643. The Labute approximate surface area is 120 Å². The zero-order chi connectivity index (χ0) is 14.8. The molecule has 0 saturated carbocycles. The normalized spacial score (nSPS) is 10.6. The van der Waals surface area contributed by atoms with E-state index in [1.54, 1.807) is 13.3 Å². The molecule has 0 unspecified atom stereocenters. The maximum Gasteiger partial charge on any atom is 0.271 e. The van der Waals surface area contributed by atoms with Crippen LogP contribution in [0.25, 0.3) is 0 Å². The Bertz CT molecular complexity index is 393. The molecule has 0 aliphatic heterocycles. The van der Waals surface area contributed by atoms with E-state index in [1.807, 2.05) is 0 Å². The van der Waals surface area contributed by atoms with Crippen molar-refractivity contribution in [2.45, 2.75) is 26.7 Å². The molecule has 6 heteroatoms. The molecular formula is C14H24N4O2. The van der Waals surface area contributed by atoms with Crippen molar-refractivity contribution in [2.24, 2.45) is 5.92 Å². The Morgan fingerprint density at radius 3 is 2.70 bits per heavy atom. The van der Waals surface area contributed by atoms with Crippen LogP contribution in [-0.4, -0.2) is 42.7 Å². The first-order valence-electron chi connectivity index (χ1n) is 6.96. The molecule has 1 heterocycles. The van der Waals surface area contributed by atoms with E-state index in [0.29, 0.717) is 30.6 Å². The van der Waals surface area contributed by atoms with Crippen LogP contribution >= 0.6 is 0 Å². The summed E-state index contributed by atoms with van der Waals surface area (Å²) >= 11 is 0. The highest BCUT2D eigenvalue weighted by Gasteiger charge is 2.07. The summed E-state index contributed by atoms with van der Waals surface area (Å²) in [5.74, 6) is 1.14. The number of carbonyl (C=O) groups excluding carboxylic acids is 1. The average molecular weight is 280 g/mol. The zero-order valence-electron chi connectivity index (χ0n) is 12.5. The molecule has 2 N–H and O–H groups in total. The van der Waals surface area contributed by atoms with E-state index in [9.17, 15) is 4.79 Å². The Balaban J connectivity index is 2.35. The van der Waals surface area contributed by atoms with E-state index in [2.05, 4.69) is 34.4 Å². The smallest absolute Gasteiger partial charge is 0.271 e. The van der Waals surface area contributed by atoms with Gasteiger partial charge in [-0.05, 0) is 18.8 Å². The van der Waals surface area contributed by atoms with Gasteiger partial charge in [-0.15, -0.1) is 0 Å². The van der Waals surface area contributed by atoms with Gasteiger partial charge in [0, 0.05) is 26.8 Å². The molecule has 0 fully saturated rings. The standard InChI is InChI=1S/C14H24N4O2/c1-11(2)5-7-15-13-10-17-12(9-18-13)14(19)16-6-4-8-20-3/h9-11H,4-8H2,1-3H3,(H,15,18)(H,16,19). The van der Waals surface area contributed by atoms with Gasteiger partial charge in [0.05, 0.1) is 12.4 Å². The number of nitrogens with one attached hydrogen (secondary N) is 2. The number of rotatable bonds is 9. The minimum absolute atomic E-state index is 0.206. The van der Waals surface area contributed by atoms with E-state index in [4.69, 9.17) is 4.74 Å². The van der Waals surface area contributed by atoms with Crippen LogP contribution in [-0.2, 0) is 4.74 Å². The van der Waals surface area contributed by atoms with Crippen molar-refractivity contribution in [3.05, 3.63) is 18.1 Å². The topological polar surface area (TPSA) is 76.1 Å². The lowest BCUT2D eigenvalue weighted by atomic mass is 10.1. The fourth-order valence-corrected chi connectivity index (χ4v) is 1.53. The first kappa shape index (κ1) is 16.4. The van der Waals surface area contributed by atoms with Gasteiger partial charge in [-0.1, -0.05) is 13.8 Å². The van der Waals surface area contributed by atoms with Crippen LogP contribution in [0.3, 0.4) is 0 Å². The number of aromatic nitrogens is 2. The number of amides is 1. The summed E-state index contributed by atoms with van der Waals surface area (Å²) in [5.41, 5.74) is 0.330. The molecule has 0 atom stereocenters. The minimum Gasteiger partial charge on any atom is -0.385 e. The average Bonchev–Trinajstić information content (AvgIpc) is 2.44. The molecule has 0 aliphatic carbocycles. The van der Waals surface area contributed by atoms with Gasteiger partial charge in [-0.25, -0.2) is 9.97 Å². The predicted molar refractivity (Wildman–Crippen MR) is 78.8 cm³/mol. The number of hydrogen-bond acceptors (Lipinski definition) is 5. The molecule has 0 radical (unpaired) electrons. The second-order valence-corrected chi connectivity index (χ2v) is 5.00. The maximum atomic E-state index is 11.7. The van der Waals surface area contributed by atoms with Gasteiger partial charge in [-0.2, -0.15) is 0 Å². The Morgan fingerprint density at radius 2 is 2.10 bits per heavy atom. The van der Waals surface area contributed by atoms with Gasteiger partial charge in [0.2, 0.25) is 0 Å². The molecule has 112 valence electrons. The summed E-state index contributed by atoms with van der Waals surface area (Å²) in [5, 5.41) is 5.95. The maximum absolute atomic E-state index is 11.7. The van der Waals surface area contributed by atoms with Crippen molar-refractivity contribution >= 4 is 11.7 Å². The van der Waals surface area contributed by atoms with E-state index >= 15 is 0 Å². The lowest BCUT2D eigenvalue weighted by molar-refractivity contribution is 0.0943. The van der Waals surface area contributed by atoms with Crippen LogP contribution in [0.4, 0.5) is 5.82 Å². The van der Waals surface area contributed by atoms with Crippen molar-refractivity contribution in [3.8, 4) is 0 Å². The van der Waals surface area contributed by atoms with Gasteiger partial charge in [0.1, 0.15) is 11.5 Å². The summed E-state index contributed by atoms with van der Waals surface area (Å²) in [4.78, 5) is 20.0. The highest BCUT2D eigenvalue weighted by atomic mass is 16.5. The van der Waals surface area contributed by atoms with Crippen LogP contribution < -0.4 is 10.6 Å². The Morgan fingerprint density at radius 1 is 1.30 bits per heavy atom. The molecule has 0 saturated heterocycles. The molecular weight excluding hydrogens is 256 g/mol. The minimum atomic E-state index is -0.206. The third kappa shape index (κ3) is 6.47. The summed E-state index contributed by atoms with van der Waals surface area (Å²) < 4.78 is 4.91. The molecule has 0 bridgehead atoms. The monoisotopic (exact) mass is 280 g/mol. The molecule has 0 aromatic carbocycles. The number of nitrogens with zero attached hydrogens (tertiary/aromatic N) is 2. The summed E-state index contributed by atoms with van der Waals surface area (Å²) in [6, 6.07) is 0. The molecule has 20 heavy (non-hydrogen) atoms. The van der Waals surface area contributed by atoms with Gasteiger partial charge >= 0.3 is 0 Å². The second kappa shape index (κ2) is 9.25. The predicted octanol–water partition coefficient (Wildman–Crippen LogP) is 1.70. The first-order valence-corrected chi connectivity index (χ1v) is 6.96. The van der Waals surface area contributed by atoms with E-state index < -0.39 is 0 Å². The van der Waals surface area contributed by atoms with E-state index in [0.717, 1.165) is 19.4 Å². The van der Waals surface area contributed by atoms with E-state index in [-0.39, 0.29) is 5.91 Å². The molecule has 1 amide bonds. The van der Waals surface area contributed by atoms with Crippen LogP contribution in [0.15, 0.2) is 12.4 Å². The summed E-state index contributed by atoms with van der Waals surface area (Å²) in [6.45, 7) is 6.40. The summed E-state index contributed by atoms with van der Waals surface area (Å²) in [6.07, 6.45) is 4.93. The highest BCUT2D eigenvalue weighted by Crippen LogP contribution is 2.04. The van der Waals surface area contributed by atoms with Crippen LogP contribution in [0, 0.1) is 5.92 Å². The molecule has 1 aromatic rings. The van der Waals surface area contributed by atoms with Crippen molar-refractivity contribution in [2.75, 3.05) is 32.1 Å². The van der Waals surface area contributed by atoms with Gasteiger partial charge in [0.25, 0.3) is 5.91 Å². The summed E-state index contributed by atoms with van der Waals surface area (Å²) in [7, 11) is 1.64. The van der Waals surface area contributed by atoms with Gasteiger partial charge in [0.15, 0.2) is 0 Å². The molecule has 0 aliphatic rings. The van der Waals surface area contributed by atoms with Crippen molar-refractivity contribution < 1.29 is 9.53 Å². The molecule has 1 rings (SSSR count). The molecule has 6 nitrogen and oxygen atoms in total. The SMILES string of the molecule is COCCCNC(=O)c1cnc(NCCC(C)C)cn1. The molecule has 1 aromatic heterocycles.